The number of amides is 1. The fraction of sp³-hybridized carbons (Fsp3) is 0.588. The molecule has 1 aromatic rings. The van der Waals surface area contributed by atoms with Gasteiger partial charge in [0.1, 0.15) is 0 Å². The molecular formula is C17H25ClN2O3S. The van der Waals surface area contributed by atoms with Gasteiger partial charge in [0.15, 0.2) is 0 Å². The minimum absolute atomic E-state index is 0.0347. The third-order valence-corrected chi connectivity index (χ3v) is 6.71. The molecule has 0 spiro atoms. The van der Waals surface area contributed by atoms with Gasteiger partial charge < -0.3 is 5.32 Å². The summed E-state index contributed by atoms with van der Waals surface area (Å²) in [7, 11) is -3.42. The summed E-state index contributed by atoms with van der Waals surface area (Å²) >= 11 is 6.06. The molecule has 2 rings (SSSR count). The topological polar surface area (TPSA) is 66.5 Å². The van der Waals surface area contributed by atoms with E-state index in [0.717, 1.165) is 6.42 Å². The number of rotatable bonds is 6. The smallest absolute Gasteiger partial charge is 0.223 e. The molecule has 0 saturated carbocycles. The van der Waals surface area contributed by atoms with E-state index in [0.29, 0.717) is 36.5 Å². The zero-order valence-electron chi connectivity index (χ0n) is 14.2. The number of carbonyl (C=O) groups is 1. The number of hydrogen-bond donors (Lipinski definition) is 1. The van der Waals surface area contributed by atoms with Gasteiger partial charge in [-0.2, -0.15) is 0 Å². The van der Waals surface area contributed by atoms with Gasteiger partial charge in [-0.15, -0.1) is 0 Å². The molecule has 0 aliphatic carbocycles. The highest BCUT2D eigenvalue weighted by molar-refractivity contribution is 7.88. The lowest BCUT2D eigenvalue weighted by atomic mass is 9.97. The van der Waals surface area contributed by atoms with Crippen LogP contribution in [0, 0.1) is 5.92 Å². The number of sulfonamides is 1. The number of hydrogen-bond acceptors (Lipinski definition) is 3. The second kappa shape index (κ2) is 8.32. The van der Waals surface area contributed by atoms with Gasteiger partial charge in [-0.05, 0) is 37.8 Å². The van der Waals surface area contributed by atoms with Crippen LogP contribution in [0.5, 0.6) is 0 Å². The molecule has 1 aromatic carbocycles. The summed E-state index contributed by atoms with van der Waals surface area (Å²) in [5.74, 6) is -0.172. The van der Waals surface area contributed by atoms with Crippen molar-refractivity contribution in [3.05, 3.63) is 34.9 Å². The van der Waals surface area contributed by atoms with Gasteiger partial charge in [0, 0.05) is 30.1 Å². The Morgan fingerprint density at radius 3 is 2.54 bits per heavy atom. The van der Waals surface area contributed by atoms with Gasteiger partial charge in [-0.1, -0.05) is 36.7 Å². The molecule has 5 nitrogen and oxygen atoms in total. The highest BCUT2D eigenvalue weighted by Crippen LogP contribution is 2.24. The van der Waals surface area contributed by atoms with Crippen molar-refractivity contribution in [1.82, 2.24) is 9.62 Å². The molecule has 1 fully saturated rings. The van der Waals surface area contributed by atoms with Crippen LogP contribution in [0.1, 0.15) is 38.7 Å². The lowest BCUT2D eigenvalue weighted by molar-refractivity contribution is -0.126. The summed E-state index contributed by atoms with van der Waals surface area (Å²) in [6.07, 6.45) is 2.00. The van der Waals surface area contributed by atoms with Crippen molar-refractivity contribution < 1.29 is 13.2 Å². The van der Waals surface area contributed by atoms with Gasteiger partial charge in [0.25, 0.3) is 0 Å². The van der Waals surface area contributed by atoms with E-state index >= 15 is 0 Å². The van der Waals surface area contributed by atoms with Crippen molar-refractivity contribution in [2.75, 3.05) is 13.1 Å². The number of benzene rings is 1. The Morgan fingerprint density at radius 2 is 1.96 bits per heavy atom. The first-order valence-electron chi connectivity index (χ1n) is 8.35. The molecule has 1 amide bonds. The van der Waals surface area contributed by atoms with Crippen molar-refractivity contribution in [1.29, 1.82) is 0 Å². The van der Waals surface area contributed by atoms with Crippen molar-refractivity contribution in [3.63, 3.8) is 0 Å². The third-order valence-electron chi connectivity index (χ3n) is 4.51. The van der Waals surface area contributed by atoms with Gasteiger partial charge in [0.05, 0.1) is 5.75 Å². The van der Waals surface area contributed by atoms with Crippen LogP contribution >= 0.6 is 11.6 Å². The minimum Gasteiger partial charge on any atom is -0.353 e. The molecule has 0 radical (unpaired) electrons. The number of nitrogens with one attached hydrogen (secondary N) is 1. The van der Waals surface area contributed by atoms with Crippen LogP contribution in [-0.2, 0) is 20.6 Å². The molecule has 0 bridgehead atoms. The van der Waals surface area contributed by atoms with Crippen LogP contribution in [-0.4, -0.2) is 37.8 Å². The van der Waals surface area contributed by atoms with Gasteiger partial charge in [-0.25, -0.2) is 12.7 Å². The molecule has 1 N–H and O–H groups in total. The largest absolute Gasteiger partial charge is 0.353 e. The Morgan fingerprint density at radius 1 is 1.33 bits per heavy atom. The van der Waals surface area contributed by atoms with Crippen LogP contribution in [0.15, 0.2) is 24.3 Å². The molecule has 1 aliphatic rings. The number of halogens is 1. The summed E-state index contributed by atoms with van der Waals surface area (Å²) in [5.41, 5.74) is 0.607. The van der Waals surface area contributed by atoms with E-state index in [1.165, 1.54) is 4.31 Å². The Balaban J connectivity index is 1.93. The summed E-state index contributed by atoms with van der Waals surface area (Å²) < 4.78 is 26.6. The average Bonchev–Trinajstić information content (AvgIpc) is 2.56. The van der Waals surface area contributed by atoms with E-state index in [2.05, 4.69) is 5.32 Å². The number of piperidine rings is 1. The van der Waals surface area contributed by atoms with Crippen LogP contribution in [0.2, 0.25) is 5.02 Å². The quantitative estimate of drug-likeness (QED) is 0.834. The van der Waals surface area contributed by atoms with Crippen molar-refractivity contribution >= 4 is 27.5 Å². The molecular weight excluding hydrogens is 348 g/mol. The predicted molar refractivity (Wildman–Crippen MR) is 96.3 cm³/mol. The zero-order chi connectivity index (χ0) is 17.7. The first-order chi connectivity index (χ1) is 11.3. The Hall–Kier alpha value is -1.11. The van der Waals surface area contributed by atoms with E-state index in [-0.39, 0.29) is 23.6 Å². The molecule has 1 saturated heterocycles. The fourth-order valence-corrected chi connectivity index (χ4v) is 4.64. The second-order valence-corrected chi connectivity index (χ2v) is 8.71. The van der Waals surface area contributed by atoms with Crippen LogP contribution in [0.3, 0.4) is 0 Å². The number of carbonyl (C=O) groups excluding carboxylic acids is 1. The van der Waals surface area contributed by atoms with Crippen molar-refractivity contribution in [2.24, 2.45) is 5.92 Å². The maximum Gasteiger partial charge on any atom is 0.223 e. The van der Waals surface area contributed by atoms with Crippen molar-refractivity contribution in [3.8, 4) is 0 Å². The maximum absolute atomic E-state index is 12.6. The fourth-order valence-electron chi connectivity index (χ4n) is 2.76. The molecule has 134 valence electrons. The minimum atomic E-state index is -3.42. The molecule has 0 unspecified atom stereocenters. The molecule has 1 aliphatic heterocycles. The summed E-state index contributed by atoms with van der Waals surface area (Å²) in [5, 5.41) is 3.44. The van der Waals surface area contributed by atoms with Gasteiger partial charge in [0.2, 0.25) is 15.9 Å². The van der Waals surface area contributed by atoms with E-state index in [4.69, 9.17) is 11.6 Å². The first kappa shape index (κ1) is 19.2. The third kappa shape index (κ3) is 4.94. The normalized spacial score (nSPS) is 18.3. The lowest BCUT2D eigenvalue weighted by Crippen LogP contribution is -2.44. The van der Waals surface area contributed by atoms with Crippen LogP contribution in [0.25, 0.3) is 0 Å². The average molecular weight is 373 g/mol. The SMILES string of the molecule is CC[C@H](C)NC(=O)C1CCN(S(=O)(=O)Cc2ccccc2Cl)CC1. The number of nitrogens with zero attached hydrogens (tertiary/aromatic N) is 1. The zero-order valence-corrected chi connectivity index (χ0v) is 15.7. The highest BCUT2D eigenvalue weighted by atomic mass is 35.5. The molecule has 1 heterocycles. The summed E-state index contributed by atoms with van der Waals surface area (Å²) in [6, 6.07) is 7.13. The van der Waals surface area contributed by atoms with E-state index in [1.54, 1.807) is 24.3 Å². The molecule has 0 aromatic heterocycles. The summed E-state index contributed by atoms with van der Waals surface area (Å²) in [6.45, 7) is 4.76. The second-order valence-electron chi connectivity index (χ2n) is 6.34. The van der Waals surface area contributed by atoms with Gasteiger partial charge >= 0.3 is 0 Å². The van der Waals surface area contributed by atoms with Crippen LogP contribution < -0.4 is 5.32 Å². The van der Waals surface area contributed by atoms with E-state index in [9.17, 15) is 13.2 Å². The molecule has 24 heavy (non-hydrogen) atoms. The van der Waals surface area contributed by atoms with Crippen molar-refractivity contribution in [2.45, 2.75) is 44.9 Å². The van der Waals surface area contributed by atoms with E-state index < -0.39 is 10.0 Å². The van der Waals surface area contributed by atoms with Gasteiger partial charge in [-0.3, -0.25) is 4.79 Å². The Bertz CT molecular complexity index is 670. The Kier molecular flexibility index (Phi) is 6.66. The standard InChI is InChI=1S/C17H25ClN2O3S/c1-3-13(2)19-17(21)14-8-10-20(11-9-14)24(22,23)12-15-6-4-5-7-16(15)18/h4-7,13-14H,3,8-12H2,1-2H3,(H,19,21)/t13-/m0/s1. The molecule has 7 heteroatoms. The lowest BCUT2D eigenvalue weighted by Gasteiger charge is -2.31. The predicted octanol–water partition coefficient (Wildman–Crippen LogP) is 2.80. The monoisotopic (exact) mass is 372 g/mol. The first-order valence-corrected chi connectivity index (χ1v) is 10.3. The molecule has 1 atom stereocenters. The Labute approximate surface area is 149 Å². The maximum atomic E-state index is 12.6. The van der Waals surface area contributed by atoms with E-state index in [1.807, 2.05) is 13.8 Å². The highest BCUT2D eigenvalue weighted by Gasteiger charge is 2.31. The van der Waals surface area contributed by atoms with Crippen LogP contribution in [0.4, 0.5) is 0 Å². The summed E-state index contributed by atoms with van der Waals surface area (Å²) in [4.78, 5) is 12.2.